The molecule has 8 heteroatoms. The minimum Gasteiger partial charge on any atom is -0.546 e. The van der Waals surface area contributed by atoms with Gasteiger partial charge in [-0.05, 0) is 55.5 Å². The number of carbonyl (C=O) groups is 2. The number of anilines is 1. The lowest BCUT2D eigenvalue weighted by Crippen LogP contribution is -2.31. The van der Waals surface area contributed by atoms with Gasteiger partial charge in [0, 0.05) is 12.6 Å². The van der Waals surface area contributed by atoms with Crippen LogP contribution in [-0.2, 0) is 9.59 Å². The zero-order chi connectivity index (χ0) is 21.0. The second-order valence-corrected chi connectivity index (χ2v) is 6.50. The number of ether oxygens (including phenoxy) is 2. The van der Waals surface area contributed by atoms with Crippen LogP contribution in [-0.4, -0.2) is 42.2 Å². The first-order valence-corrected chi connectivity index (χ1v) is 9.31. The Morgan fingerprint density at radius 2 is 1.83 bits per heavy atom. The molecule has 0 atom stereocenters. The summed E-state index contributed by atoms with van der Waals surface area (Å²) in [5.41, 5.74) is 1.52. The Bertz CT molecular complexity index is 971. The van der Waals surface area contributed by atoms with Crippen LogP contribution >= 0.6 is 12.2 Å². The molecule has 2 aromatic rings. The molecule has 1 aliphatic rings. The molecule has 0 radical (unpaired) electrons. The van der Waals surface area contributed by atoms with Crippen LogP contribution in [0.1, 0.15) is 12.5 Å². The summed E-state index contributed by atoms with van der Waals surface area (Å²) in [4.78, 5) is 26.8. The third-order valence-electron chi connectivity index (χ3n) is 4.22. The number of para-hydroxylation sites is 1. The quantitative estimate of drug-likeness (QED) is 0.508. The van der Waals surface area contributed by atoms with Gasteiger partial charge in [0.15, 0.2) is 5.11 Å². The van der Waals surface area contributed by atoms with E-state index in [-0.39, 0.29) is 5.91 Å². The molecule has 0 spiro atoms. The lowest BCUT2D eigenvalue weighted by Gasteiger charge is -2.16. The van der Waals surface area contributed by atoms with Gasteiger partial charge in [-0.2, -0.15) is 0 Å². The summed E-state index contributed by atoms with van der Waals surface area (Å²) in [6.45, 7) is 1.86. The van der Waals surface area contributed by atoms with Crippen molar-refractivity contribution < 1.29 is 24.2 Å². The van der Waals surface area contributed by atoms with Crippen LogP contribution in [0.3, 0.4) is 0 Å². The van der Waals surface area contributed by atoms with E-state index in [0.717, 1.165) is 0 Å². The summed E-state index contributed by atoms with van der Waals surface area (Å²) >= 11 is 5.46. The molecule has 2 aromatic carbocycles. The monoisotopic (exact) mass is 411 g/mol. The second kappa shape index (κ2) is 8.74. The van der Waals surface area contributed by atoms with Crippen molar-refractivity contribution in [3.63, 3.8) is 0 Å². The Labute approximate surface area is 173 Å². The van der Waals surface area contributed by atoms with Gasteiger partial charge in [-0.15, -0.1) is 0 Å². The summed E-state index contributed by atoms with van der Waals surface area (Å²) in [6, 6.07) is 13.9. The lowest BCUT2D eigenvalue weighted by atomic mass is 10.1. The van der Waals surface area contributed by atoms with E-state index in [1.807, 2.05) is 6.92 Å². The molecule has 0 aromatic heterocycles. The van der Waals surface area contributed by atoms with Crippen LogP contribution in [0.2, 0.25) is 0 Å². The van der Waals surface area contributed by atoms with Crippen molar-refractivity contribution in [1.29, 1.82) is 0 Å². The van der Waals surface area contributed by atoms with E-state index in [1.54, 1.807) is 66.6 Å². The molecule has 1 aliphatic heterocycles. The van der Waals surface area contributed by atoms with Crippen LogP contribution in [0.25, 0.3) is 6.08 Å². The summed E-state index contributed by atoms with van der Waals surface area (Å²) in [7, 11) is 1.70. The normalized spacial score (nSPS) is 15.2. The number of hydrogen-bond acceptors (Lipinski definition) is 6. The number of carbonyl (C=O) groups excluding carboxylic acids is 2. The van der Waals surface area contributed by atoms with Gasteiger partial charge in [0.1, 0.15) is 23.8 Å². The van der Waals surface area contributed by atoms with Crippen molar-refractivity contribution in [2.45, 2.75) is 6.92 Å². The molecule has 1 heterocycles. The van der Waals surface area contributed by atoms with Gasteiger partial charge in [0.2, 0.25) is 0 Å². The third-order valence-corrected chi connectivity index (χ3v) is 4.68. The molecule has 1 fully saturated rings. The van der Waals surface area contributed by atoms with Gasteiger partial charge < -0.3 is 24.3 Å². The number of carboxylic acids is 1. The first-order chi connectivity index (χ1) is 13.9. The highest BCUT2D eigenvalue weighted by atomic mass is 32.1. The zero-order valence-electron chi connectivity index (χ0n) is 16.0. The minimum absolute atomic E-state index is 0.295. The molecule has 0 saturated carbocycles. The molecule has 1 amide bonds. The minimum atomic E-state index is -1.33. The van der Waals surface area contributed by atoms with Crippen LogP contribution in [0, 0.1) is 0 Å². The largest absolute Gasteiger partial charge is 0.546 e. The number of rotatable bonds is 7. The molecule has 7 nitrogen and oxygen atoms in total. The Morgan fingerprint density at radius 1 is 1.14 bits per heavy atom. The summed E-state index contributed by atoms with van der Waals surface area (Å²) < 4.78 is 10.7. The van der Waals surface area contributed by atoms with Crippen molar-refractivity contribution in [1.82, 2.24) is 4.90 Å². The van der Waals surface area contributed by atoms with Gasteiger partial charge in [-0.25, -0.2) is 0 Å². The zero-order valence-corrected chi connectivity index (χ0v) is 16.8. The highest BCUT2D eigenvalue weighted by Crippen LogP contribution is 2.30. The van der Waals surface area contributed by atoms with E-state index in [4.69, 9.17) is 21.7 Å². The van der Waals surface area contributed by atoms with Crippen molar-refractivity contribution in [3.05, 3.63) is 59.8 Å². The predicted molar refractivity (Wildman–Crippen MR) is 110 cm³/mol. The Morgan fingerprint density at radius 3 is 2.48 bits per heavy atom. The van der Waals surface area contributed by atoms with E-state index in [0.29, 0.717) is 40.2 Å². The second-order valence-electron chi connectivity index (χ2n) is 6.14. The molecule has 29 heavy (non-hydrogen) atoms. The lowest BCUT2D eigenvalue weighted by molar-refractivity contribution is -0.307. The number of carboxylic acid groups (broad SMARTS) is 1. The molecular weight excluding hydrogens is 392 g/mol. The smallest absolute Gasteiger partial charge is 0.281 e. The van der Waals surface area contributed by atoms with Crippen LogP contribution in [0.5, 0.6) is 11.5 Å². The van der Waals surface area contributed by atoms with E-state index >= 15 is 0 Å². The average molecular weight is 411 g/mol. The molecule has 0 unspecified atom stereocenters. The molecule has 1 saturated heterocycles. The van der Waals surface area contributed by atoms with Gasteiger partial charge in [0.05, 0.1) is 18.3 Å². The number of benzene rings is 2. The average Bonchev–Trinajstić information content (AvgIpc) is 2.91. The number of thiocarbonyl (C=S) groups is 1. The molecule has 150 valence electrons. The van der Waals surface area contributed by atoms with Gasteiger partial charge in [-0.1, -0.05) is 18.2 Å². The number of aliphatic carboxylic acids is 1. The number of nitrogens with zero attached hydrogens (tertiary/aromatic N) is 2. The maximum Gasteiger partial charge on any atom is 0.281 e. The van der Waals surface area contributed by atoms with Crippen LogP contribution in [0.15, 0.2) is 54.2 Å². The summed E-state index contributed by atoms with van der Waals surface area (Å²) in [6.07, 6.45) is 1.62. The summed E-state index contributed by atoms with van der Waals surface area (Å²) in [5, 5.41) is 11.0. The highest BCUT2D eigenvalue weighted by Gasteiger charge is 2.36. The van der Waals surface area contributed by atoms with Crippen molar-refractivity contribution in [2.75, 3.05) is 25.2 Å². The van der Waals surface area contributed by atoms with Crippen molar-refractivity contribution in [3.8, 4) is 11.5 Å². The Hall–Kier alpha value is -3.39. The fourth-order valence-electron chi connectivity index (χ4n) is 2.86. The van der Waals surface area contributed by atoms with E-state index in [2.05, 4.69) is 0 Å². The predicted octanol–water partition coefficient (Wildman–Crippen LogP) is 1.82. The van der Waals surface area contributed by atoms with Crippen LogP contribution < -0.4 is 19.5 Å². The third kappa shape index (κ3) is 4.38. The molecule has 0 bridgehead atoms. The van der Waals surface area contributed by atoms with Crippen molar-refractivity contribution >= 4 is 41.0 Å². The Kier molecular flexibility index (Phi) is 6.13. The van der Waals surface area contributed by atoms with E-state index < -0.39 is 12.6 Å². The van der Waals surface area contributed by atoms with Gasteiger partial charge in [0.25, 0.3) is 5.91 Å². The SMILES string of the molecule is CCOc1ccc(N2C(=O)C(=Cc3ccccc3OCC(=O)[O-])N(C)C2=S)cc1. The van der Waals surface area contributed by atoms with Crippen molar-refractivity contribution in [2.24, 2.45) is 0 Å². The molecular formula is C21H19N2O5S-. The van der Waals surface area contributed by atoms with Gasteiger partial charge >= 0.3 is 0 Å². The maximum absolute atomic E-state index is 13.1. The summed E-state index contributed by atoms with van der Waals surface area (Å²) in [5.74, 6) is -0.589. The number of likely N-dealkylation sites (N-methyl/N-ethyl adjacent to an activating group) is 1. The fraction of sp³-hybridized carbons (Fsp3) is 0.190. The highest BCUT2D eigenvalue weighted by molar-refractivity contribution is 7.80. The first-order valence-electron chi connectivity index (χ1n) is 8.90. The standard InChI is InChI=1S/C21H20N2O5S/c1-3-27-16-10-8-15(9-11-16)23-20(26)17(22(2)21(23)29)12-14-6-4-5-7-18(14)28-13-19(24)25/h4-12H,3,13H2,1-2H3,(H,24,25)/p-1. The topological polar surface area (TPSA) is 82.1 Å². The maximum atomic E-state index is 13.1. The van der Waals surface area contributed by atoms with E-state index in [1.165, 1.54) is 4.90 Å². The molecule has 0 N–H and O–H groups in total. The molecule has 0 aliphatic carbocycles. The van der Waals surface area contributed by atoms with E-state index in [9.17, 15) is 14.7 Å². The fourth-order valence-corrected chi connectivity index (χ4v) is 3.14. The first kappa shape index (κ1) is 20.3. The molecule has 3 rings (SSSR count). The number of amides is 1. The van der Waals surface area contributed by atoms with Crippen LogP contribution in [0.4, 0.5) is 5.69 Å². The Balaban J connectivity index is 1.91. The number of hydrogen-bond donors (Lipinski definition) is 0. The van der Waals surface area contributed by atoms with Gasteiger partial charge in [-0.3, -0.25) is 9.69 Å².